The normalized spacial score (nSPS) is 14.7. The van der Waals surface area contributed by atoms with E-state index in [9.17, 15) is 9.59 Å². The van der Waals surface area contributed by atoms with Gasteiger partial charge < -0.3 is 33.6 Å². The highest BCUT2D eigenvalue weighted by Gasteiger charge is 2.29. The first-order chi connectivity index (χ1) is 18.5. The number of fused-ring (bicyclic) bond motifs is 1. The number of thioether (sulfide) groups is 1. The van der Waals surface area contributed by atoms with Crippen LogP contribution in [0.1, 0.15) is 22.6 Å². The van der Waals surface area contributed by atoms with Crippen molar-refractivity contribution in [3.63, 3.8) is 0 Å². The molecule has 0 spiro atoms. The van der Waals surface area contributed by atoms with Crippen molar-refractivity contribution in [2.24, 2.45) is 0 Å². The van der Waals surface area contributed by atoms with Crippen LogP contribution in [0.3, 0.4) is 0 Å². The largest absolute Gasteiger partial charge is 0.497 e. The number of rotatable bonds is 16. The number of ether oxygens (including phenoxy) is 5. The standard InChI is InChI=1S/C27H35N3O7S/c1-4-7-34-8-9-35-10-11-36-12-13-37-18-22-17-30(16-21-5-6-23(33-3)14-24(21)22)25(31)19-38-26-20(2)15-28-27(32)29-26/h1,5-6,14-15,22H,7-13,16-19H2,2-3H3,(H,28,29,32)/t22-/m0/s1. The van der Waals surface area contributed by atoms with Crippen LogP contribution >= 0.6 is 11.8 Å². The molecule has 0 radical (unpaired) electrons. The second-order valence-corrected chi connectivity index (χ2v) is 9.57. The summed E-state index contributed by atoms with van der Waals surface area (Å²) in [6.45, 7) is 6.36. The number of nitrogens with one attached hydrogen (secondary N) is 1. The van der Waals surface area contributed by atoms with Crippen molar-refractivity contribution in [3.05, 3.63) is 51.6 Å². The molecule has 206 valence electrons. The third-order valence-electron chi connectivity index (χ3n) is 5.86. The third kappa shape index (κ3) is 9.45. The van der Waals surface area contributed by atoms with Crippen molar-refractivity contribution in [3.8, 4) is 18.1 Å². The van der Waals surface area contributed by atoms with E-state index >= 15 is 0 Å². The van der Waals surface area contributed by atoms with Gasteiger partial charge in [-0.2, -0.15) is 0 Å². The molecule has 0 saturated carbocycles. The molecule has 0 aliphatic carbocycles. The maximum absolute atomic E-state index is 13.1. The summed E-state index contributed by atoms with van der Waals surface area (Å²) < 4.78 is 27.5. The average Bonchev–Trinajstić information content (AvgIpc) is 2.93. The van der Waals surface area contributed by atoms with Crippen LogP contribution in [-0.4, -0.2) is 93.0 Å². The predicted molar refractivity (Wildman–Crippen MR) is 144 cm³/mol. The number of benzene rings is 1. The van der Waals surface area contributed by atoms with Crippen molar-refractivity contribution < 1.29 is 28.5 Å². The van der Waals surface area contributed by atoms with Crippen molar-refractivity contribution in [2.75, 3.05) is 72.3 Å². The molecule has 1 atom stereocenters. The average molecular weight is 546 g/mol. The molecule has 1 amide bonds. The maximum atomic E-state index is 13.1. The Labute approximate surface area is 227 Å². The van der Waals surface area contributed by atoms with E-state index in [1.54, 1.807) is 7.11 Å². The van der Waals surface area contributed by atoms with Gasteiger partial charge in [0.15, 0.2) is 0 Å². The van der Waals surface area contributed by atoms with Crippen molar-refractivity contribution in [2.45, 2.75) is 24.4 Å². The molecule has 2 heterocycles. The van der Waals surface area contributed by atoms with Gasteiger partial charge in [-0.3, -0.25) is 4.79 Å². The Bertz CT molecular complexity index is 1130. The van der Waals surface area contributed by atoms with E-state index in [-0.39, 0.29) is 24.2 Å². The number of aromatic nitrogens is 2. The molecule has 10 nitrogen and oxygen atoms in total. The number of amides is 1. The van der Waals surface area contributed by atoms with E-state index in [1.165, 1.54) is 18.0 Å². The van der Waals surface area contributed by atoms with Crippen molar-refractivity contribution in [1.29, 1.82) is 0 Å². The number of H-pyrrole nitrogens is 1. The van der Waals surface area contributed by atoms with E-state index in [0.717, 1.165) is 22.4 Å². The number of carbonyl (C=O) groups excluding carboxylic acids is 1. The lowest BCUT2D eigenvalue weighted by Crippen LogP contribution is -2.40. The zero-order chi connectivity index (χ0) is 27.2. The number of hydrogen-bond donors (Lipinski definition) is 1. The van der Waals surface area contributed by atoms with Crippen LogP contribution < -0.4 is 10.4 Å². The Hall–Kier alpha value is -2.88. The fraction of sp³-hybridized carbons (Fsp3) is 0.519. The number of hydrogen-bond acceptors (Lipinski definition) is 9. The van der Waals surface area contributed by atoms with Gasteiger partial charge in [0.1, 0.15) is 12.4 Å². The molecule has 0 saturated heterocycles. The number of aryl methyl sites for hydroxylation is 1. The molecule has 0 fully saturated rings. The number of methoxy groups -OCH3 is 1. The van der Waals surface area contributed by atoms with E-state index in [1.807, 2.05) is 30.0 Å². The molecule has 1 aromatic heterocycles. The lowest BCUT2D eigenvalue weighted by atomic mass is 9.90. The first-order valence-corrected chi connectivity index (χ1v) is 13.4. The Morgan fingerprint density at radius 1 is 1.16 bits per heavy atom. The van der Waals surface area contributed by atoms with Crippen molar-refractivity contribution >= 4 is 17.7 Å². The summed E-state index contributed by atoms with van der Waals surface area (Å²) in [5, 5.41) is 0.656. The van der Waals surface area contributed by atoms with Gasteiger partial charge in [-0.15, -0.1) is 6.42 Å². The van der Waals surface area contributed by atoms with Crippen LogP contribution in [0, 0.1) is 19.3 Å². The Balaban J connectivity index is 1.47. The SMILES string of the molecule is C#CCOCCOCCOCCOC[C@@H]1CN(C(=O)CSc2[nH]c(=O)ncc2C)Cc2ccc(OC)cc21. The Morgan fingerprint density at radius 3 is 2.58 bits per heavy atom. The molecule has 0 unspecified atom stereocenters. The van der Waals surface area contributed by atoms with Crippen LogP contribution in [0.4, 0.5) is 0 Å². The van der Waals surface area contributed by atoms with Crippen LogP contribution in [0.25, 0.3) is 0 Å². The zero-order valence-corrected chi connectivity index (χ0v) is 22.7. The molecular formula is C27H35N3O7S. The smallest absolute Gasteiger partial charge is 0.345 e. The van der Waals surface area contributed by atoms with Gasteiger partial charge in [-0.05, 0) is 35.7 Å². The fourth-order valence-corrected chi connectivity index (χ4v) is 4.81. The van der Waals surface area contributed by atoms with Crippen molar-refractivity contribution in [1.82, 2.24) is 14.9 Å². The first-order valence-electron chi connectivity index (χ1n) is 12.4. The minimum Gasteiger partial charge on any atom is -0.497 e. The molecule has 1 N–H and O–H groups in total. The minimum atomic E-state index is -0.425. The highest BCUT2D eigenvalue weighted by atomic mass is 32.2. The molecular weight excluding hydrogens is 510 g/mol. The molecule has 2 aromatic rings. The molecule has 38 heavy (non-hydrogen) atoms. The summed E-state index contributed by atoms with van der Waals surface area (Å²) >= 11 is 1.31. The number of aromatic amines is 1. The van der Waals surface area contributed by atoms with Crippen LogP contribution in [0.15, 0.2) is 34.2 Å². The second kappa shape index (κ2) is 16.2. The Morgan fingerprint density at radius 2 is 1.87 bits per heavy atom. The topological polar surface area (TPSA) is 112 Å². The predicted octanol–water partition coefficient (Wildman–Crippen LogP) is 2.00. The summed E-state index contributed by atoms with van der Waals surface area (Å²) in [5.74, 6) is 3.38. The highest BCUT2D eigenvalue weighted by molar-refractivity contribution is 7.99. The molecule has 11 heteroatoms. The second-order valence-electron chi connectivity index (χ2n) is 8.58. The highest BCUT2D eigenvalue weighted by Crippen LogP contribution is 2.32. The van der Waals surface area contributed by atoms with Gasteiger partial charge in [0.05, 0.1) is 64.1 Å². The maximum Gasteiger partial charge on any atom is 0.345 e. The van der Waals surface area contributed by atoms with Gasteiger partial charge in [0, 0.05) is 25.2 Å². The lowest BCUT2D eigenvalue weighted by molar-refractivity contribution is -0.129. The first kappa shape index (κ1) is 29.7. The fourth-order valence-electron chi connectivity index (χ4n) is 3.92. The monoisotopic (exact) mass is 545 g/mol. The third-order valence-corrected chi connectivity index (χ3v) is 6.97. The van der Waals surface area contributed by atoms with E-state index in [2.05, 4.69) is 15.9 Å². The lowest BCUT2D eigenvalue weighted by Gasteiger charge is -2.35. The summed E-state index contributed by atoms with van der Waals surface area (Å²) in [7, 11) is 1.64. The van der Waals surface area contributed by atoms with E-state index in [0.29, 0.717) is 64.4 Å². The number of terminal acetylenes is 1. The van der Waals surface area contributed by atoms with Gasteiger partial charge >= 0.3 is 5.69 Å². The van der Waals surface area contributed by atoms with Gasteiger partial charge in [0.25, 0.3) is 0 Å². The summed E-state index contributed by atoms with van der Waals surface area (Å²) in [4.78, 5) is 32.9. The van der Waals surface area contributed by atoms with Gasteiger partial charge in [-0.1, -0.05) is 23.7 Å². The quantitative estimate of drug-likeness (QED) is 0.147. The molecule has 1 aliphatic heterocycles. The van der Waals surface area contributed by atoms with Gasteiger partial charge in [0.2, 0.25) is 5.91 Å². The number of nitrogens with zero attached hydrogens (tertiary/aromatic N) is 2. The number of carbonyl (C=O) groups is 1. The summed E-state index contributed by atoms with van der Waals surface area (Å²) in [6, 6.07) is 5.92. The van der Waals surface area contributed by atoms with E-state index in [4.69, 9.17) is 30.1 Å². The molecule has 1 aromatic carbocycles. The van der Waals surface area contributed by atoms with Crippen LogP contribution in [0.2, 0.25) is 0 Å². The van der Waals surface area contributed by atoms with Crippen LogP contribution in [0.5, 0.6) is 5.75 Å². The van der Waals surface area contributed by atoms with Gasteiger partial charge in [-0.25, -0.2) is 9.78 Å². The summed E-state index contributed by atoms with van der Waals surface area (Å²) in [5.41, 5.74) is 2.59. The minimum absolute atomic E-state index is 0.00314. The van der Waals surface area contributed by atoms with Crippen LogP contribution in [-0.2, 0) is 30.3 Å². The summed E-state index contributed by atoms with van der Waals surface area (Å²) in [6.07, 6.45) is 6.62. The zero-order valence-electron chi connectivity index (χ0n) is 21.9. The molecule has 0 bridgehead atoms. The van der Waals surface area contributed by atoms with E-state index < -0.39 is 5.69 Å². The molecule has 1 aliphatic rings. The molecule has 3 rings (SSSR count). The Kier molecular flexibility index (Phi) is 12.6.